The molecular weight excluding hydrogens is 318 g/mol. The molecule has 0 fully saturated rings. The second-order valence-electron chi connectivity index (χ2n) is 3.50. The molecule has 74 valence electrons. The van der Waals surface area contributed by atoms with E-state index in [0.717, 1.165) is 20.0 Å². The van der Waals surface area contributed by atoms with Gasteiger partial charge in [-0.15, -0.1) is 0 Å². The van der Waals surface area contributed by atoms with Crippen molar-refractivity contribution in [3.05, 3.63) is 45.3 Å². The van der Waals surface area contributed by atoms with E-state index in [0.29, 0.717) is 0 Å². The maximum absolute atomic E-state index is 3.47. The lowest BCUT2D eigenvalue weighted by molar-refractivity contribution is 1.53. The lowest BCUT2D eigenvalue weighted by atomic mass is 10.2. The fraction of sp³-hybridized carbons (Fsp3) is 0. The first-order valence-electron chi connectivity index (χ1n) is 4.60. The van der Waals surface area contributed by atoms with Crippen molar-refractivity contribution in [2.24, 2.45) is 0 Å². The van der Waals surface area contributed by atoms with Crippen LogP contribution in [0.2, 0.25) is 0 Å². The fourth-order valence-corrected chi connectivity index (χ4v) is 2.58. The largest absolute Gasteiger partial charge is 0.354 e. The molecule has 0 radical (unpaired) electrons. The van der Waals surface area contributed by atoms with Crippen molar-refractivity contribution in [1.29, 1.82) is 0 Å². The number of aromatic amines is 1. The molecule has 3 heteroatoms. The zero-order valence-corrected chi connectivity index (χ0v) is 10.9. The summed E-state index contributed by atoms with van der Waals surface area (Å²) in [5, 5.41) is 2.53. The summed E-state index contributed by atoms with van der Waals surface area (Å²) in [4.78, 5) is 3.40. The number of halogens is 2. The number of rotatable bonds is 0. The van der Waals surface area contributed by atoms with Crippen LogP contribution in [0.4, 0.5) is 0 Å². The van der Waals surface area contributed by atoms with E-state index in [1.807, 2.05) is 0 Å². The zero-order chi connectivity index (χ0) is 10.4. The van der Waals surface area contributed by atoms with Gasteiger partial charge in [-0.1, -0.05) is 44.0 Å². The van der Waals surface area contributed by atoms with Crippen molar-refractivity contribution in [1.82, 2.24) is 4.98 Å². The van der Waals surface area contributed by atoms with Crippen molar-refractivity contribution < 1.29 is 0 Å². The second-order valence-corrected chi connectivity index (χ2v) is 5.34. The standard InChI is InChI=1S/C12H7Br2N/c13-7-1-3-9-10-4-2-8(14)6-12(10)15-11(9)5-7/h1-6,15H. The van der Waals surface area contributed by atoms with Gasteiger partial charge in [0, 0.05) is 30.8 Å². The van der Waals surface area contributed by atoms with E-state index in [-0.39, 0.29) is 0 Å². The van der Waals surface area contributed by atoms with Gasteiger partial charge in [0.25, 0.3) is 0 Å². The van der Waals surface area contributed by atoms with Gasteiger partial charge >= 0.3 is 0 Å². The Balaban J connectivity index is 2.51. The molecule has 0 aliphatic rings. The van der Waals surface area contributed by atoms with E-state index in [9.17, 15) is 0 Å². The first-order valence-corrected chi connectivity index (χ1v) is 6.19. The summed E-state index contributed by atoms with van der Waals surface area (Å²) in [5.41, 5.74) is 2.33. The van der Waals surface area contributed by atoms with Crippen LogP contribution in [-0.2, 0) is 0 Å². The monoisotopic (exact) mass is 323 g/mol. The summed E-state index contributed by atoms with van der Waals surface area (Å²) in [7, 11) is 0. The average molecular weight is 325 g/mol. The van der Waals surface area contributed by atoms with Crippen LogP contribution in [0.25, 0.3) is 21.8 Å². The summed E-state index contributed by atoms with van der Waals surface area (Å²) in [6.45, 7) is 0. The van der Waals surface area contributed by atoms with Gasteiger partial charge in [0.1, 0.15) is 0 Å². The SMILES string of the molecule is Brc1ccc2c(c1)[nH]c1cc(Br)ccc12. The van der Waals surface area contributed by atoms with Crippen LogP contribution < -0.4 is 0 Å². The highest BCUT2D eigenvalue weighted by atomic mass is 79.9. The smallest absolute Gasteiger partial charge is 0.0476 e. The Morgan fingerprint density at radius 1 is 0.733 bits per heavy atom. The lowest BCUT2D eigenvalue weighted by Gasteiger charge is -1.92. The van der Waals surface area contributed by atoms with Gasteiger partial charge in [0.05, 0.1) is 0 Å². The molecule has 3 rings (SSSR count). The van der Waals surface area contributed by atoms with E-state index < -0.39 is 0 Å². The number of H-pyrrole nitrogens is 1. The Kier molecular flexibility index (Phi) is 2.11. The average Bonchev–Trinajstić information content (AvgIpc) is 2.53. The van der Waals surface area contributed by atoms with Gasteiger partial charge in [-0.3, -0.25) is 0 Å². The highest BCUT2D eigenvalue weighted by Crippen LogP contribution is 2.29. The Bertz CT molecular complexity index is 599. The quantitative estimate of drug-likeness (QED) is 0.608. The summed E-state index contributed by atoms with van der Waals surface area (Å²) >= 11 is 6.95. The first-order chi connectivity index (χ1) is 7.24. The highest BCUT2D eigenvalue weighted by Gasteiger charge is 2.04. The number of benzene rings is 2. The molecule has 0 unspecified atom stereocenters. The van der Waals surface area contributed by atoms with Crippen LogP contribution in [0.5, 0.6) is 0 Å². The Labute approximate surface area is 104 Å². The van der Waals surface area contributed by atoms with Crippen LogP contribution in [0, 0.1) is 0 Å². The maximum Gasteiger partial charge on any atom is 0.0476 e. The third-order valence-corrected chi connectivity index (χ3v) is 3.51. The van der Waals surface area contributed by atoms with Gasteiger partial charge in [-0.25, -0.2) is 0 Å². The molecule has 1 nitrogen and oxygen atoms in total. The molecule has 1 aromatic heterocycles. The topological polar surface area (TPSA) is 15.8 Å². The summed E-state index contributed by atoms with van der Waals surface area (Å²) in [6, 6.07) is 12.6. The minimum atomic E-state index is 1.10. The van der Waals surface area contributed by atoms with Crippen LogP contribution in [-0.4, -0.2) is 4.98 Å². The number of aromatic nitrogens is 1. The fourth-order valence-electron chi connectivity index (χ4n) is 1.85. The molecule has 0 amide bonds. The van der Waals surface area contributed by atoms with E-state index in [1.165, 1.54) is 10.8 Å². The molecule has 1 N–H and O–H groups in total. The van der Waals surface area contributed by atoms with Crippen LogP contribution >= 0.6 is 31.9 Å². The van der Waals surface area contributed by atoms with Crippen LogP contribution in [0.1, 0.15) is 0 Å². The molecule has 0 bridgehead atoms. The number of nitrogens with one attached hydrogen (secondary N) is 1. The molecule has 0 saturated heterocycles. The lowest BCUT2D eigenvalue weighted by Crippen LogP contribution is -1.67. The minimum absolute atomic E-state index is 1.10. The third kappa shape index (κ3) is 1.50. The molecule has 0 aliphatic carbocycles. The van der Waals surface area contributed by atoms with Gasteiger partial charge < -0.3 is 4.98 Å². The molecule has 0 atom stereocenters. The van der Waals surface area contributed by atoms with Gasteiger partial charge in [0.15, 0.2) is 0 Å². The second kappa shape index (κ2) is 3.35. The highest BCUT2D eigenvalue weighted by molar-refractivity contribution is 9.10. The number of hydrogen-bond acceptors (Lipinski definition) is 0. The zero-order valence-electron chi connectivity index (χ0n) is 7.72. The van der Waals surface area contributed by atoms with Gasteiger partial charge in [-0.05, 0) is 24.3 Å². The van der Waals surface area contributed by atoms with Crippen molar-refractivity contribution in [2.45, 2.75) is 0 Å². The minimum Gasteiger partial charge on any atom is -0.354 e. The van der Waals surface area contributed by atoms with Crippen molar-refractivity contribution >= 4 is 53.7 Å². The Morgan fingerprint density at radius 3 is 1.67 bits per heavy atom. The number of fused-ring (bicyclic) bond motifs is 3. The number of hydrogen-bond donors (Lipinski definition) is 1. The van der Waals surface area contributed by atoms with Crippen LogP contribution in [0.15, 0.2) is 45.3 Å². The van der Waals surface area contributed by atoms with E-state index in [4.69, 9.17) is 0 Å². The molecule has 0 aliphatic heterocycles. The first kappa shape index (κ1) is 9.43. The molecule has 1 heterocycles. The third-order valence-electron chi connectivity index (χ3n) is 2.52. The summed E-state index contributed by atoms with van der Waals surface area (Å²) in [5.74, 6) is 0. The maximum atomic E-state index is 3.47. The van der Waals surface area contributed by atoms with Crippen molar-refractivity contribution in [2.75, 3.05) is 0 Å². The molecule has 2 aromatic carbocycles. The predicted octanol–water partition coefficient (Wildman–Crippen LogP) is 4.85. The van der Waals surface area contributed by atoms with Crippen molar-refractivity contribution in [3.63, 3.8) is 0 Å². The van der Waals surface area contributed by atoms with E-state index in [2.05, 4.69) is 73.2 Å². The molecule has 15 heavy (non-hydrogen) atoms. The molecule has 3 aromatic rings. The van der Waals surface area contributed by atoms with Crippen molar-refractivity contribution in [3.8, 4) is 0 Å². The summed E-state index contributed by atoms with van der Waals surface area (Å²) in [6.07, 6.45) is 0. The molecule has 0 spiro atoms. The van der Waals surface area contributed by atoms with E-state index in [1.54, 1.807) is 0 Å². The van der Waals surface area contributed by atoms with Crippen LogP contribution in [0.3, 0.4) is 0 Å². The Hall–Kier alpha value is -0.800. The summed E-state index contributed by atoms with van der Waals surface area (Å²) < 4.78 is 2.20. The van der Waals surface area contributed by atoms with Gasteiger partial charge in [0.2, 0.25) is 0 Å². The van der Waals surface area contributed by atoms with Gasteiger partial charge in [-0.2, -0.15) is 0 Å². The van der Waals surface area contributed by atoms with E-state index >= 15 is 0 Å². The molecular formula is C12H7Br2N. The normalized spacial score (nSPS) is 11.3. The molecule has 0 saturated carbocycles. The predicted molar refractivity (Wildman–Crippen MR) is 71.2 cm³/mol. The Morgan fingerprint density at radius 2 is 1.20 bits per heavy atom.